The molecular formula is C9H14F2N2OS. The molecule has 0 bridgehead atoms. The third-order valence-corrected chi connectivity index (χ3v) is 2.79. The SMILES string of the molecule is Cc1csc(CN(CCO)CC(F)F)n1. The van der Waals surface area contributed by atoms with Crippen molar-refractivity contribution in [2.75, 3.05) is 19.7 Å². The highest BCUT2D eigenvalue weighted by atomic mass is 32.1. The Morgan fingerprint density at radius 3 is 2.80 bits per heavy atom. The molecule has 0 fully saturated rings. The zero-order valence-electron chi connectivity index (χ0n) is 8.49. The second-order valence-corrected chi connectivity index (χ2v) is 4.18. The number of aryl methyl sites for hydroxylation is 1. The summed E-state index contributed by atoms with van der Waals surface area (Å²) in [4.78, 5) is 5.69. The van der Waals surface area contributed by atoms with Crippen LogP contribution in [0, 0.1) is 6.92 Å². The van der Waals surface area contributed by atoms with Gasteiger partial charge >= 0.3 is 0 Å². The van der Waals surface area contributed by atoms with E-state index in [1.54, 1.807) is 0 Å². The zero-order valence-corrected chi connectivity index (χ0v) is 9.31. The number of aliphatic hydroxyl groups is 1. The Balaban J connectivity index is 2.50. The summed E-state index contributed by atoms with van der Waals surface area (Å²) >= 11 is 1.45. The van der Waals surface area contributed by atoms with Gasteiger partial charge in [0.15, 0.2) is 0 Å². The van der Waals surface area contributed by atoms with Crippen molar-refractivity contribution in [2.24, 2.45) is 0 Å². The molecule has 0 unspecified atom stereocenters. The fourth-order valence-corrected chi connectivity index (χ4v) is 2.05. The van der Waals surface area contributed by atoms with Crippen LogP contribution in [0.5, 0.6) is 0 Å². The molecule has 0 aromatic carbocycles. The molecule has 0 atom stereocenters. The van der Waals surface area contributed by atoms with Crippen molar-refractivity contribution in [3.63, 3.8) is 0 Å². The lowest BCUT2D eigenvalue weighted by molar-refractivity contribution is 0.0746. The Kier molecular flexibility index (Phi) is 5.07. The second kappa shape index (κ2) is 6.09. The molecule has 0 aliphatic carbocycles. The average Bonchev–Trinajstić information content (AvgIpc) is 2.50. The first-order valence-electron chi connectivity index (χ1n) is 4.64. The van der Waals surface area contributed by atoms with Gasteiger partial charge in [-0.3, -0.25) is 4.90 Å². The van der Waals surface area contributed by atoms with Gasteiger partial charge in [0.25, 0.3) is 6.43 Å². The van der Waals surface area contributed by atoms with Gasteiger partial charge in [-0.2, -0.15) is 0 Å². The minimum Gasteiger partial charge on any atom is -0.395 e. The number of hydrogen-bond acceptors (Lipinski definition) is 4. The lowest BCUT2D eigenvalue weighted by Gasteiger charge is -2.19. The van der Waals surface area contributed by atoms with E-state index in [1.165, 1.54) is 16.2 Å². The summed E-state index contributed by atoms with van der Waals surface area (Å²) < 4.78 is 24.4. The predicted octanol–water partition coefficient (Wildman–Crippen LogP) is 1.51. The molecule has 0 saturated heterocycles. The smallest absolute Gasteiger partial charge is 0.251 e. The first-order chi connectivity index (χ1) is 7.11. The number of aliphatic hydroxyl groups excluding tert-OH is 1. The molecule has 0 aliphatic rings. The van der Waals surface area contributed by atoms with Gasteiger partial charge in [0, 0.05) is 17.6 Å². The Labute approximate surface area is 91.4 Å². The van der Waals surface area contributed by atoms with E-state index >= 15 is 0 Å². The van der Waals surface area contributed by atoms with Gasteiger partial charge in [0.05, 0.1) is 19.7 Å². The fraction of sp³-hybridized carbons (Fsp3) is 0.667. The number of halogens is 2. The Bertz CT molecular complexity index is 293. The van der Waals surface area contributed by atoms with Crippen LogP contribution in [0.4, 0.5) is 8.78 Å². The molecule has 15 heavy (non-hydrogen) atoms. The summed E-state index contributed by atoms with van der Waals surface area (Å²) in [5, 5.41) is 11.4. The summed E-state index contributed by atoms with van der Waals surface area (Å²) in [7, 11) is 0. The van der Waals surface area contributed by atoms with E-state index in [2.05, 4.69) is 4.98 Å². The van der Waals surface area contributed by atoms with Crippen molar-refractivity contribution in [1.82, 2.24) is 9.88 Å². The highest BCUT2D eigenvalue weighted by Gasteiger charge is 2.13. The molecular weight excluding hydrogens is 222 g/mol. The van der Waals surface area contributed by atoms with Crippen LogP contribution in [-0.4, -0.2) is 41.1 Å². The van der Waals surface area contributed by atoms with Crippen molar-refractivity contribution >= 4 is 11.3 Å². The van der Waals surface area contributed by atoms with Crippen molar-refractivity contribution in [1.29, 1.82) is 0 Å². The second-order valence-electron chi connectivity index (χ2n) is 3.23. The van der Waals surface area contributed by atoms with Crippen LogP contribution >= 0.6 is 11.3 Å². The van der Waals surface area contributed by atoms with Gasteiger partial charge in [-0.15, -0.1) is 11.3 Å². The van der Waals surface area contributed by atoms with Gasteiger partial charge in [0.2, 0.25) is 0 Å². The van der Waals surface area contributed by atoms with Crippen molar-refractivity contribution in [3.05, 3.63) is 16.1 Å². The van der Waals surface area contributed by atoms with E-state index in [1.807, 2.05) is 12.3 Å². The molecule has 6 heteroatoms. The number of thiazole rings is 1. The summed E-state index contributed by atoms with van der Waals surface area (Å²) in [6, 6.07) is 0. The quantitative estimate of drug-likeness (QED) is 0.813. The van der Waals surface area contributed by atoms with Gasteiger partial charge in [-0.25, -0.2) is 13.8 Å². The van der Waals surface area contributed by atoms with E-state index in [0.717, 1.165) is 10.7 Å². The topological polar surface area (TPSA) is 36.4 Å². The zero-order chi connectivity index (χ0) is 11.3. The van der Waals surface area contributed by atoms with E-state index < -0.39 is 6.43 Å². The average molecular weight is 236 g/mol. The summed E-state index contributed by atoms with van der Waals surface area (Å²) in [6.07, 6.45) is -2.38. The number of alkyl halides is 2. The molecule has 1 aromatic heterocycles. The maximum atomic E-state index is 12.2. The third kappa shape index (κ3) is 4.63. The molecule has 1 rings (SSSR count). The third-order valence-electron chi connectivity index (χ3n) is 1.84. The number of aromatic nitrogens is 1. The highest BCUT2D eigenvalue weighted by molar-refractivity contribution is 7.09. The number of hydrogen-bond donors (Lipinski definition) is 1. The molecule has 0 saturated carbocycles. The monoisotopic (exact) mass is 236 g/mol. The normalized spacial score (nSPS) is 11.6. The molecule has 3 nitrogen and oxygen atoms in total. The molecule has 0 spiro atoms. The minimum atomic E-state index is -2.38. The fourth-order valence-electron chi connectivity index (χ4n) is 1.24. The number of nitrogens with zero attached hydrogens (tertiary/aromatic N) is 2. The summed E-state index contributed by atoms with van der Waals surface area (Å²) in [5.41, 5.74) is 0.899. The maximum absolute atomic E-state index is 12.2. The van der Waals surface area contributed by atoms with E-state index in [0.29, 0.717) is 6.54 Å². The van der Waals surface area contributed by atoms with Gasteiger partial charge < -0.3 is 5.11 Å². The molecule has 86 valence electrons. The maximum Gasteiger partial charge on any atom is 0.251 e. The lowest BCUT2D eigenvalue weighted by atomic mass is 10.4. The molecule has 1 heterocycles. The molecule has 1 N–H and O–H groups in total. The molecule has 0 amide bonds. The van der Waals surface area contributed by atoms with Crippen molar-refractivity contribution in [2.45, 2.75) is 19.9 Å². The first kappa shape index (κ1) is 12.5. The van der Waals surface area contributed by atoms with E-state index in [9.17, 15) is 8.78 Å². The van der Waals surface area contributed by atoms with Crippen LogP contribution in [0.1, 0.15) is 10.7 Å². The summed E-state index contributed by atoms with van der Waals surface area (Å²) in [6.45, 7) is 2.06. The van der Waals surface area contributed by atoms with Crippen LogP contribution in [-0.2, 0) is 6.54 Å². The van der Waals surface area contributed by atoms with Crippen LogP contribution in [0.25, 0.3) is 0 Å². The van der Waals surface area contributed by atoms with E-state index in [4.69, 9.17) is 5.11 Å². The van der Waals surface area contributed by atoms with Crippen LogP contribution in [0.2, 0.25) is 0 Å². The Morgan fingerprint density at radius 2 is 2.33 bits per heavy atom. The molecule has 0 radical (unpaired) electrons. The number of rotatable bonds is 6. The van der Waals surface area contributed by atoms with Crippen LogP contribution in [0.15, 0.2) is 5.38 Å². The lowest BCUT2D eigenvalue weighted by Crippen LogP contribution is -2.31. The molecule has 1 aromatic rings. The largest absolute Gasteiger partial charge is 0.395 e. The van der Waals surface area contributed by atoms with Gasteiger partial charge in [0.1, 0.15) is 5.01 Å². The van der Waals surface area contributed by atoms with Crippen molar-refractivity contribution in [3.8, 4) is 0 Å². The van der Waals surface area contributed by atoms with E-state index in [-0.39, 0.29) is 19.7 Å². The predicted molar refractivity (Wildman–Crippen MR) is 55.2 cm³/mol. The first-order valence-corrected chi connectivity index (χ1v) is 5.52. The van der Waals surface area contributed by atoms with Crippen molar-refractivity contribution < 1.29 is 13.9 Å². The standard InChI is InChI=1S/C9H14F2N2OS/c1-7-6-15-9(12-7)5-13(2-3-14)4-8(10)11/h6,8,14H,2-5H2,1H3. The Morgan fingerprint density at radius 1 is 1.60 bits per heavy atom. The summed E-state index contributed by atoms with van der Waals surface area (Å²) in [5.74, 6) is 0. The Hall–Kier alpha value is -0.590. The molecule has 0 aliphatic heterocycles. The van der Waals surface area contributed by atoms with Gasteiger partial charge in [-0.1, -0.05) is 0 Å². The highest BCUT2D eigenvalue weighted by Crippen LogP contribution is 2.12. The minimum absolute atomic E-state index is 0.114. The van der Waals surface area contributed by atoms with Crippen LogP contribution in [0.3, 0.4) is 0 Å². The van der Waals surface area contributed by atoms with Crippen LogP contribution < -0.4 is 0 Å². The van der Waals surface area contributed by atoms with Gasteiger partial charge in [-0.05, 0) is 6.92 Å².